The van der Waals surface area contributed by atoms with Crippen molar-refractivity contribution in [2.75, 3.05) is 6.54 Å². The quantitative estimate of drug-likeness (QED) is 0.531. The molecule has 98 valence electrons. The van der Waals surface area contributed by atoms with E-state index < -0.39 is 0 Å². The van der Waals surface area contributed by atoms with Gasteiger partial charge in [0.05, 0.1) is 0 Å². The van der Waals surface area contributed by atoms with Crippen LogP contribution in [0.15, 0.2) is 0 Å². The lowest BCUT2D eigenvalue weighted by molar-refractivity contribution is 0.311. The molecule has 0 aliphatic heterocycles. The normalized spacial score (nSPS) is 12.0. The average Bonchev–Trinajstić information content (AvgIpc) is 2.27. The van der Waals surface area contributed by atoms with Gasteiger partial charge >= 0.3 is 0 Å². The van der Waals surface area contributed by atoms with E-state index in [9.17, 15) is 0 Å². The molecule has 2 nitrogen and oxygen atoms in total. The lowest BCUT2D eigenvalue weighted by Gasteiger charge is -2.30. The predicted octanol–water partition coefficient (Wildman–Crippen LogP) is 3.58. The fourth-order valence-corrected chi connectivity index (χ4v) is 2.28. The van der Waals surface area contributed by atoms with Crippen LogP contribution in [0.3, 0.4) is 0 Å². The van der Waals surface area contributed by atoms with Gasteiger partial charge in [0.2, 0.25) is 0 Å². The first-order valence-electron chi connectivity index (χ1n) is 7.17. The summed E-state index contributed by atoms with van der Waals surface area (Å²) in [5.41, 5.74) is 12.2. The second-order valence-corrected chi connectivity index (χ2v) is 5.17. The molecule has 0 saturated heterocycles. The molecule has 0 saturated carbocycles. The van der Waals surface area contributed by atoms with Crippen molar-refractivity contribution >= 4 is 0 Å². The van der Waals surface area contributed by atoms with Crippen LogP contribution in [-0.2, 0) is 0 Å². The molecule has 4 N–H and O–H groups in total. The largest absolute Gasteiger partial charge is 0.330 e. The van der Waals surface area contributed by atoms with E-state index in [0.29, 0.717) is 0 Å². The molecule has 0 spiro atoms. The summed E-state index contributed by atoms with van der Waals surface area (Å²) in [6, 6.07) is 0. The zero-order valence-corrected chi connectivity index (χ0v) is 11.4. The van der Waals surface area contributed by atoms with Crippen LogP contribution >= 0.6 is 0 Å². The molecule has 0 bridgehead atoms. The van der Waals surface area contributed by atoms with Gasteiger partial charge in [-0.2, -0.15) is 0 Å². The van der Waals surface area contributed by atoms with Gasteiger partial charge in [0.25, 0.3) is 0 Å². The van der Waals surface area contributed by atoms with Gasteiger partial charge in [0, 0.05) is 5.54 Å². The van der Waals surface area contributed by atoms with E-state index in [0.717, 1.165) is 19.4 Å². The van der Waals surface area contributed by atoms with E-state index >= 15 is 0 Å². The SMILES string of the molecule is CCCCCC(N)(CCCN)CCCCC. The van der Waals surface area contributed by atoms with E-state index in [1.54, 1.807) is 0 Å². The third-order valence-corrected chi connectivity index (χ3v) is 3.44. The van der Waals surface area contributed by atoms with Crippen molar-refractivity contribution in [1.29, 1.82) is 0 Å². The second-order valence-electron chi connectivity index (χ2n) is 5.17. The molecule has 0 heterocycles. The Hall–Kier alpha value is -0.0800. The first-order chi connectivity index (χ1) is 7.68. The number of hydrogen-bond acceptors (Lipinski definition) is 2. The van der Waals surface area contributed by atoms with E-state index in [1.165, 1.54) is 51.4 Å². The van der Waals surface area contributed by atoms with Crippen molar-refractivity contribution in [2.24, 2.45) is 11.5 Å². The Kier molecular flexibility index (Phi) is 10.0. The Morgan fingerprint density at radius 2 is 1.19 bits per heavy atom. The highest BCUT2D eigenvalue weighted by Gasteiger charge is 2.22. The fourth-order valence-electron chi connectivity index (χ4n) is 2.28. The third-order valence-electron chi connectivity index (χ3n) is 3.44. The fraction of sp³-hybridized carbons (Fsp3) is 1.00. The van der Waals surface area contributed by atoms with Gasteiger partial charge in [-0.05, 0) is 32.2 Å². The van der Waals surface area contributed by atoms with Gasteiger partial charge in [0.1, 0.15) is 0 Å². The van der Waals surface area contributed by atoms with Crippen LogP contribution in [0.25, 0.3) is 0 Å². The molecule has 16 heavy (non-hydrogen) atoms. The summed E-state index contributed by atoms with van der Waals surface area (Å²) < 4.78 is 0. The zero-order valence-electron chi connectivity index (χ0n) is 11.4. The lowest BCUT2D eigenvalue weighted by Crippen LogP contribution is -2.40. The van der Waals surface area contributed by atoms with Crippen LogP contribution in [-0.4, -0.2) is 12.1 Å². The molecular formula is C14H32N2. The van der Waals surface area contributed by atoms with Crippen LogP contribution in [0.4, 0.5) is 0 Å². The van der Waals surface area contributed by atoms with Gasteiger partial charge < -0.3 is 11.5 Å². The molecule has 2 heteroatoms. The van der Waals surface area contributed by atoms with Crippen LogP contribution in [0.5, 0.6) is 0 Å². The molecule has 0 atom stereocenters. The maximum Gasteiger partial charge on any atom is 0.0154 e. The molecule has 0 aromatic heterocycles. The standard InChI is InChI=1S/C14H32N2/c1-3-5-7-10-14(16,12-9-13-15)11-8-6-4-2/h3-13,15-16H2,1-2H3. The summed E-state index contributed by atoms with van der Waals surface area (Å²) in [7, 11) is 0. The molecule has 0 aliphatic rings. The maximum atomic E-state index is 6.51. The molecule has 0 fully saturated rings. The molecule has 0 radical (unpaired) electrons. The molecule has 0 unspecified atom stereocenters. The Morgan fingerprint density at radius 1 is 0.750 bits per heavy atom. The van der Waals surface area contributed by atoms with Crippen LogP contribution < -0.4 is 11.5 Å². The van der Waals surface area contributed by atoms with Crippen molar-refractivity contribution in [2.45, 2.75) is 83.6 Å². The van der Waals surface area contributed by atoms with Crippen molar-refractivity contribution in [3.8, 4) is 0 Å². The van der Waals surface area contributed by atoms with Crippen molar-refractivity contribution in [1.82, 2.24) is 0 Å². The molecule has 0 aromatic rings. The highest BCUT2D eigenvalue weighted by Crippen LogP contribution is 2.24. The van der Waals surface area contributed by atoms with Crippen LogP contribution in [0.1, 0.15) is 78.1 Å². The van der Waals surface area contributed by atoms with E-state index in [1.807, 2.05) is 0 Å². The minimum absolute atomic E-state index is 0.0731. The number of rotatable bonds is 11. The maximum absolute atomic E-state index is 6.51. The van der Waals surface area contributed by atoms with E-state index in [4.69, 9.17) is 11.5 Å². The van der Waals surface area contributed by atoms with E-state index in [-0.39, 0.29) is 5.54 Å². The summed E-state index contributed by atoms with van der Waals surface area (Å²) in [5, 5.41) is 0. The predicted molar refractivity (Wildman–Crippen MR) is 73.5 cm³/mol. The first-order valence-corrected chi connectivity index (χ1v) is 7.17. The minimum Gasteiger partial charge on any atom is -0.330 e. The number of nitrogens with two attached hydrogens (primary N) is 2. The summed E-state index contributed by atoms with van der Waals surface area (Å²) in [4.78, 5) is 0. The third kappa shape index (κ3) is 8.12. The summed E-state index contributed by atoms with van der Waals surface area (Å²) in [5.74, 6) is 0. The van der Waals surface area contributed by atoms with Crippen molar-refractivity contribution in [3.63, 3.8) is 0 Å². The Morgan fingerprint density at radius 3 is 1.56 bits per heavy atom. The smallest absolute Gasteiger partial charge is 0.0154 e. The molecule has 0 amide bonds. The molecule has 0 rings (SSSR count). The molecular weight excluding hydrogens is 196 g/mol. The second kappa shape index (κ2) is 10.1. The highest BCUT2D eigenvalue weighted by molar-refractivity contribution is 4.84. The van der Waals surface area contributed by atoms with E-state index in [2.05, 4.69) is 13.8 Å². The van der Waals surface area contributed by atoms with Gasteiger partial charge in [-0.3, -0.25) is 0 Å². The van der Waals surface area contributed by atoms with Gasteiger partial charge in [-0.15, -0.1) is 0 Å². The van der Waals surface area contributed by atoms with Crippen LogP contribution in [0.2, 0.25) is 0 Å². The average molecular weight is 228 g/mol. The number of hydrogen-bond donors (Lipinski definition) is 2. The minimum atomic E-state index is 0.0731. The van der Waals surface area contributed by atoms with Crippen molar-refractivity contribution in [3.05, 3.63) is 0 Å². The Balaban J connectivity index is 3.91. The van der Waals surface area contributed by atoms with Crippen molar-refractivity contribution < 1.29 is 0 Å². The molecule has 0 aromatic carbocycles. The Labute approximate surface area is 102 Å². The highest BCUT2D eigenvalue weighted by atomic mass is 14.7. The monoisotopic (exact) mass is 228 g/mol. The summed E-state index contributed by atoms with van der Waals surface area (Å²) >= 11 is 0. The molecule has 0 aliphatic carbocycles. The van der Waals surface area contributed by atoms with Gasteiger partial charge in [-0.25, -0.2) is 0 Å². The summed E-state index contributed by atoms with van der Waals surface area (Å²) in [6.45, 7) is 5.27. The summed E-state index contributed by atoms with van der Waals surface area (Å²) in [6.07, 6.45) is 12.3. The number of unbranched alkanes of at least 4 members (excludes halogenated alkanes) is 4. The lowest BCUT2D eigenvalue weighted by atomic mass is 9.83. The van der Waals surface area contributed by atoms with Gasteiger partial charge in [0.15, 0.2) is 0 Å². The first kappa shape index (κ1) is 15.9. The zero-order chi connectivity index (χ0) is 12.3. The van der Waals surface area contributed by atoms with Gasteiger partial charge in [-0.1, -0.05) is 52.4 Å². The van der Waals surface area contributed by atoms with Crippen LogP contribution in [0, 0.1) is 0 Å². The topological polar surface area (TPSA) is 52.0 Å². The Bertz CT molecular complexity index is 136.